The molecule has 0 amide bonds. The fraction of sp³-hybridized carbons (Fsp3) is 0.310. The summed E-state index contributed by atoms with van der Waals surface area (Å²) in [5, 5.41) is 8.79. The van der Waals surface area contributed by atoms with Crippen molar-refractivity contribution in [3.05, 3.63) is 102 Å². The number of benzene rings is 2. The van der Waals surface area contributed by atoms with E-state index in [9.17, 15) is 4.79 Å². The van der Waals surface area contributed by atoms with Crippen LogP contribution in [0.2, 0.25) is 0 Å². The molecule has 0 aliphatic carbocycles. The molecule has 1 aliphatic heterocycles. The fourth-order valence-corrected chi connectivity index (χ4v) is 4.40. The van der Waals surface area contributed by atoms with E-state index in [-0.39, 0.29) is 24.5 Å². The largest absolute Gasteiger partial charge is 0.481 e. The number of carboxylic acid groups (broad SMARTS) is 1. The van der Waals surface area contributed by atoms with Crippen molar-refractivity contribution in [3.63, 3.8) is 0 Å². The first kappa shape index (κ1) is 23.9. The van der Waals surface area contributed by atoms with E-state index in [4.69, 9.17) is 14.6 Å². The number of hydrogen-bond acceptors (Lipinski definition) is 4. The highest BCUT2D eigenvalue weighted by Gasteiger charge is 2.38. The van der Waals surface area contributed by atoms with Gasteiger partial charge in [0.1, 0.15) is 0 Å². The van der Waals surface area contributed by atoms with E-state index in [0.29, 0.717) is 19.6 Å². The van der Waals surface area contributed by atoms with Crippen molar-refractivity contribution in [1.82, 2.24) is 4.98 Å². The number of ether oxygens (including phenoxy) is 2. The lowest BCUT2D eigenvalue weighted by atomic mass is 9.90. The summed E-state index contributed by atoms with van der Waals surface area (Å²) < 4.78 is 12.5. The lowest BCUT2D eigenvalue weighted by Crippen LogP contribution is -2.23. The molecule has 0 bridgehead atoms. The van der Waals surface area contributed by atoms with E-state index in [1.165, 1.54) is 11.1 Å². The predicted octanol–water partition coefficient (Wildman–Crippen LogP) is 6.22. The molecular weight excluding hydrogens is 426 g/mol. The van der Waals surface area contributed by atoms with E-state index in [2.05, 4.69) is 53.5 Å². The van der Waals surface area contributed by atoms with Crippen LogP contribution in [0.4, 0.5) is 0 Å². The number of aromatic nitrogens is 1. The topological polar surface area (TPSA) is 68.7 Å². The number of allylic oxidation sites excluding steroid dienone is 2. The quantitative estimate of drug-likeness (QED) is 0.346. The second-order valence-corrected chi connectivity index (χ2v) is 8.60. The Balaban J connectivity index is 1.37. The minimum atomic E-state index is -0.768. The van der Waals surface area contributed by atoms with Crippen molar-refractivity contribution >= 4 is 5.97 Å². The van der Waals surface area contributed by atoms with Crippen LogP contribution in [-0.4, -0.2) is 28.8 Å². The third-order valence-electron chi connectivity index (χ3n) is 6.20. The summed E-state index contributed by atoms with van der Waals surface area (Å²) in [7, 11) is 0. The Hall–Kier alpha value is -3.28. The highest BCUT2D eigenvalue weighted by atomic mass is 16.6. The van der Waals surface area contributed by atoms with Gasteiger partial charge in [0.15, 0.2) is 0 Å². The summed E-state index contributed by atoms with van der Waals surface area (Å²) in [6.07, 6.45) is 10.1. The van der Waals surface area contributed by atoms with Crippen LogP contribution in [0, 0.1) is 5.92 Å². The number of pyridine rings is 1. The first-order valence-corrected chi connectivity index (χ1v) is 11.8. The van der Waals surface area contributed by atoms with Crippen LogP contribution in [0.25, 0.3) is 11.1 Å². The van der Waals surface area contributed by atoms with E-state index >= 15 is 0 Å². The molecule has 0 saturated carbocycles. The number of nitrogens with zero attached hydrogens (tertiary/aromatic N) is 1. The molecule has 1 saturated heterocycles. The Morgan fingerprint density at radius 3 is 2.50 bits per heavy atom. The second-order valence-electron chi connectivity index (χ2n) is 8.60. The van der Waals surface area contributed by atoms with E-state index in [1.54, 1.807) is 6.20 Å². The summed E-state index contributed by atoms with van der Waals surface area (Å²) in [5.74, 6) is -0.562. The Morgan fingerprint density at radius 2 is 1.76 bits per heavy atom. The number of hydrogen-bond donors (Lipinski definition) is 1. The van der Waals surface area contributed by atoms with Gasteiger partial charge in [0.2, 0.25) is 0 Å². The van der Waals surface area contributed by atoms with Crippen molar-refractivity contribution in [2.45, 2.75) is 44.5 Å². The number of rotatable bonds is 11. The molecule has 176 valence electrons. The molecule has 0 radical (unpaired) electrons. The summed E-state index contributed by atoms with van der Waals surface area (Å²) in [6.45, 7) is 1.09. The van der Waals surface area contributed by atoms with Crippen LogP contribution in [0.1, 0.15) is 42.9 Å². The van der Waals surface area contributed by atoms with Gasteiger partial charge in [0.25, 0.3) is 0 Å². The van der Waals surface area contributed by atoms with Gasteiger partial charge in [-0.25, -0.2) is 0 Å². The van der Waals surface area contributed by atoms with E-state index in [0.717, 1.165) is 24.0 Å². The van der Waals surface area contributed by atoms with Crippen molar-refractivity contribution in [2.75, 3.05) is 6.61 Å². The van der Waals surface area contributed by atoms with Gasteiger partial charge in [0.05, 0.1) is 25.4 Å². The average Bonchev–Trinajstić information content (AvgIpc) is 3.28. The maximum Gasteiger partial charge on any atom is 0.303 e. The van der Waals surface area contributed by atoms with Gasteiger partial charge < -0.3 is 14.6 Å². The normalized spacial score (nSPS) is 20.1. The van der Waals surface area contributed by atoms with Gasteiger partial charge in [-0.1, -0.05) is 72.8 Å². The third kappa shape index (κ3) is 6.62. The third-order valence-corrected chi connectivity index (χ3v) is 6.20. The Kier molecular flexibility index (Phi) is 8.60. The van der Waals surface area contributed by atoms with Crippen LogP contribution in [-0.2, 0) is 20.9 Å². The molecule has 1 N–H and O–H groups in total. The molecule has 5 heteroatoms. The maximum absolute atomic E-state index is 10.7. The van der Waals surface area contributed by atoms with E-state index < -0.39 is 5.97 Å². The minimum absolute atomic E-state index is 0.00794. The summed E-state index contributed by atoms with van der Waals surface area (Å²) in [5.41, 5.74) is 4.60. The lowest BCUT2D eigenvalue weighted by Gasteiger charge is -2.23. The molecule has 34 heavy (non-hydrogen) atoms. The van der Waals surface area contributed by atoms with Gasteiger partial charge in [0, 0.05) is 24.7 Å². The van der Waals surface area contributed by atoms with Gasteiger partial charge in [-0.3, -0.25) is 9.78 Å². The summed E-state index contributed by atoms with van der Waals surface area (Å²) in [4.78, 5) is 15.0. The average molecular weight is 458 g/mol. The van der Waals surface area contributed by atoms with E-state index in [1.807, 2.05) is 36.5 Å². The smallest absolute Gasteiger partial charge is 0.303 e. The van der Waals surface area contributed by atoms with Crippen LogP contribution < -0.4 is 0 Å². The highest BCUT2D eigenvalue weighted by Crippen LogP contribution is 2.39. The molecule has 4 rings (SSSR count). The van der Waals surface area contributed by atoms with Crippen molar-refractivity contribution in [1.29, 1.82) is 0 Å². The molecule has 1 fully saturated rings. The molecule has 5 nitrogen and oxygen atoms in total. The molecule has 1 aliphatic rings. The monoisotopic (exact) mass is 457 g/mol. The van der Waals surface area contributed by atoms with Crippen LogP contribution >= 0.6 is 0 Å². The number of carboxylic acids is 1. The van der Waals surface area contributed by atoms with Crippen LogP contribution in [0.5, 0.6) is 0 Å². The molecule has 0 spiro atoms. The summed E-state index contributed by atoms with van der Waals surface area (Å²) in [6, 6.07) is 22.8. The zero-order valence-corrected chi connectivity index (χ0v) is 19.3. The van der Waals surface area contributed by atoms with Gasteiger partial charge in [-0.2, -0.15) is 0 Å². The molecule has 3 aromatic rings. The highest BCUT2D eigenvalue weighted by molar-refractivity contribution is 5.66. The van der Waals surface area contributed by atoms with Crippen molar-refractivity contribution < 1.29 is 19.4 Å². The molecule has 2 aromatic carbocycles. The summed E-state index contributed by atoms with van der Waals surface area (Å²) >= 11 is 0. The first-order valence-electron chi connectivity index (χ1n) is 11.8. The fourth-order valence-electron chi connectivity index (χ4n) is 4.40. The predicted molar refractivity (Wildman–Crippen MR) is 132 cm³/mol. The standard InChI is InChI=1S/C29H31NO4/c31-28(32)13-7-2-1-6-12-26-27(21-34-29(26)25-11-8-18-30-19-25)33-20-22-14-16-24(17-15-22)23-9-4-3-5-10-23/h1-5,8-11,14-19,26-27,29H,6-7,12-13,20-21H2,(H,31,32)/b2-1-. The SMILES string of the molecule is O=C(O)CC/C=C\CCC1C(OCc2ccc(-c3ccccc3)cc2)COC1c1cccnc1. The second kappa shape index (κ2) is 12.3. The van der Waals surface area contributed by atoms with Crippen molar-refractivity contribution in [3.8, 4) is 11.1 Å². The molecule has 1 aromatic heterocycles. The Labute approximate surface area is 201 Å². The molecule has 3 atom stereocenters. The Morgan fingerprint density at radius 1 is 1.00 bits per heavy atom. The zero-order chi connectivity index (χ0) is 23.6. The number of aliphatic carboxylic acids is 1. The zero-order valence-electron chi connectivity index (χ0n) is 19.3. The maximum atomic E-state index is 10.7. The van der Waals surface area contributed by atoms with Gasteiger partial charge in [-0.15, -0.1) is 0 Å². The molecule has 2 heterocycles. The number of carbonyl (C=O) groups is 1. The van der Waals surface area contributed by atoms with Gasteiger partial charge in [-0.05, 0) is 47.6 Å². The van der Waals surface area contributed by atoms with Gasteiger partial charge >= 0.3 is 5.97 Å². The molecule has 3 unspecified atom stereocenters. The molecular formula is C29H31NO4. The first-order chi connectivity index (χ1) is 16.7. The minimum Gasteiger partial charge on any atom is -0.481 e. The van der Waals surface area contributed by atoms with Crippen LogP contribution in [0.15, 0.2) is 91.3 Å². The Bertz CT molecular complexity index is 1050. The lowest BCUT2D eigenvalue weighted by molar-refractivity contribution is -0.136. The van der Waals surface area contributed by atoms with Crippen LogP contribution in [0.3, 0.4) is 0 Å². The van der Waals surface area contributed by atoms with Crippen molar-refractivity contribution in [2.24, 2.45) is 5.92 Å².